The van der Waals surface area contributed by atoms with Crippen LogP contribution < -0.4 is 10.2 Å². The Morgan fingerprint density at radius 2 is 1.92 bits per heavy atom. The molecule has 0 amide bonds. The van der Waals surface area contributed by atoms with Gasteiger partial charge < -0.3 is 14.4 Å². The molecule has 0 saturated carbocycles. The largest absolute Gasteiger partial charge is 0.489 e. The van der Waals surface area contributed by atoms with E-state index in [-0.39, 0.29) is 30.4 Å². The topological polar surface area (TPSA) is 68.5 Å². The average Bonchev–Trinajstić information content (AvgIpc) is 2.46. The quantitative estimate of drug-likeness (QED) is 0.876. The van der Waals surface area contributed by atoms with Crippen molar-refractivity contribution in [1.29, 1.82) is 0 Å². The number of carboxylic acid groups (broad SMARTS) is 1. The number of aliphatic carboxylic acids is 1. The van der Waals surface area contributed by atoms with E-state index in [9.17, 15) is 9.59 Å². The molecule has 0 atom stereocenters. The number of carboxylic acids is 1. The second-order valence-corrected chi connectivity index (χ2v) is 6.57. The van der Waals surface area contributed by atoms with Gasteiger partial charge in [0.15, 0.2) is 5.43 Å². The van der Waals surface area contributed by atoms with E-state index >= 15 is 0 Å². The number of aromatic nitrogens is 1. The summed E-state index contributed by atoms with van der Waals surface area (Å²) in [5.41, 5.74) is 2.06. The lowest BCUT2D eigenvalue weighted by Gasteiger charge is -2.24. The van der Waals surface area contributed by atoms with Crippen molar-refractivity contribution < 1.29 is 14.6 Å². The average molecular weight is 331 g/mol. The lowest BCUT2D eigenvalue weighted by Crippen LogP contribution is -2.22. The Bertz CT molecular complexity index is 818. The SMILES string of the molecule is Cc1c(CCC(=O)O)c(=O)c2cccc(OC(C)C)c2n1C(C)C. The molecule has 0 bridgehead atoms. The predicted molar refractivity (Wildman–Crippen MR) is 95.1 cm³/mol. The van der Waals surface area contributed by atoms with Gasteiger partial charge in [-0.3, -0.25) is 9.59 Å². The number of hydrogen-bond donors (Lipinski definition) is 1. The molecule has 2 rings (SSSR count). The summed E-state index contributed by atoms with van der Waals surface area (Å²) < 4.78 is 7.99. The molecule has 130 valence electrons. The van der Waals surface area contributed by atoms with Crippen LogP contribution in [0.3, 0.4) is 0 Å². The number of carbonyl (C=O) groups is 1. The maximum Gasteiger partial charge on any atom is 0.303 e. The predicted octanol–water partition coefficient (Wildman–Crippen LogP) is 3.70. The fourth-order valence-corrected chi connectivity index (χ4v) is 3.11. The van der Waals surface area contributed by atoms with Gasteiger partial charge in [0.1, 0.15) is 5.75 Å². The second kappa shape index (κ2) is 7.07. The Morgan fingerprint density at radius 3 is 2.46 bits per heavy atom. The number of pyridine rings is 1. The molecule has 0 aliphatic rings. The Hall–Kier alpha value is -2.30. The van der Waals surface area contributed by atoms with Gasteiger partial charge >= 0.3 is 5.97 Å². The van der Waals surface area contributed by atoms with Crippen LogP contribution in [0, 0.1) is 6.92 Å². The molecular weight excluding hydrogens is 306 g/mol. The first-order valence-corrected chi connectivity index (χ1v) is 8.29. The summed E-state index contributed by atoms with van der Waals surface area (Å²) in [6.07, 6.45) is 0.179. The number of benzene rings is 1. The molecule has 0 aliphatic heterocycles. The van der Waals surface area contributed by atoms with Crippen LogP contribution in [0.5, 0.6) is 5.75 Å². The zero-order chi connectivity index (χ0) is 18.0. The van der Waals surface area contributed by atoms with Gasteiger partial charge in [-0.05, 0) is 53.2 Å². The number of ether oxygens (including phenoxy) is 1. The molecule has 5 heteroatoms. The van der Waals surface area contributed by atoms with Crippen LogP contribution in [-0.4, -0.2) is 21.7 Å². The van der Waals surface area contributed by atoms with Crippen LogP contribution in [0.4, 0.5) is 0 Å². The third kappa shape index (κ3) is 3.45. The minimum absolute atomic E-state index is 0.00157. The molecule has 5 nitrogen and oxygen atoms in total. The Kier molecular flexibility index (Phi) is 5.32. The summed E-state index contributed by atoms with van der Waals surface area (Å²) in [4.78, 5) is 23.8. The summed E-state index contributed by atoms with van der Waals surface area (Å²) in [6.45, 7) is 9.87. The van der Waals surface area contributed by atoms with E-state index in [4.69, 9.17) is 9.84 Å². The first-order valence-electron chi connectivity index (χ1n) is 8.29. The molecule has 24 heavy (non-hydrogen) atoms. The van der Waals surface area contributed by atoms with E-state index in [0.717, 1.165) is 11.2 Å². The normalized spacial score (nSPS) is 11.5. The highest BCUT2D eigenvalue weighted by Crippen LogP contribution is 2.30. The van der Waals surface area contributed by atoms with Gasteiger partial charge in [-0.2, -0.15) is 0 Å². The fraction of sp³-hybridized carbons (Fsp3) is 0.474. The third-order valence-corrected chi connectivity index (χ3v) is 4.02. The van der Waals surface area contributed by atoms with E-state index in [2.05, 4.69) is 4.57 Å². The van der Waals surface area contributed by atoms with Crippen molar-refractivity contribution in [1.82, 2.24) is 4.57 Å². The summed E-state index contributed by atoms with van der Waals surface area (Å²) >= 11 is 0. The van der Waals surface area contributed by atoms with Crippen LogP contribution in [0.25, 0.3) is 10.9 Å². The van der Waals surface area contributed by atoms with Crippen molar-refractivity contribution in [3.05, 3.63) is 39.7 Å². The number of nitrogens with zero attached hydrogens (tertiary/aromatic N) is 1. The van der Waals surface area contributed by atoms with Crippen molar-refractivity contribution in [2.24, 2.45) is 0 Å². The fourth-order valence-electron chi connectivity index (χ4n) is 3.11. The lowest BCUT2D eigenvalue weighted by atomic mass is 10.0. The van der Waals surface area contributed by atoms with Gasteiger partial charge in [0.25, 0.3) is 0 Å². The Labute approximate surface area is 141 Å². The van der Waals surface area contributed by atoms with E-state index in [0.29, 0.717) is 16.7 Å². The second-order valence-electron chi connectivity index (χ2n) is 6.57. The molecule has 0 aliphatic carbocycles. The van der Waals surface area contributed by atoms with E-state index < -0.39 is 5.97 Å². The zero-order valence-electron chi connectivity index (χ0n) is 14.9. The summed E-state index contributed by atoms with van der Waals surface area (Å²) in [6, 6.07) is 5.58. The molecule has 2 aromatic rings. The van der Waals surface area contributed by atoms with Gasteiger partial charge in [0.2, 0.25) is 0 Å². The molecule has 0 fully saturated rings. The highest BCUT2D eigenvalue weighted by atomic mass is 16.5. The lowest BCUT2D eigenvalue weighted by molar-refractivity contribution is -0.136. The maximum absolute atomic E-state index is 12.9. The van der Waals surface area contributed by atoms with E-state index in [1.165, 1.54) is 0 Å². The van der Waals surface area contributed by atoms with Gasteiger partial charge in [0.05, 0.1) is 11.6 Å². The molecule has 1 N–H and O–H groups in total. The van der Waals surface area contributed by atoms with Crippen LogP contribution in [0.15, 0.2) is 23.0 Å². The first kappa shape index (κ1) is 18.0. The standard InChI is InChI=1S/C19H25NO4/c1-11(2)20-13(5)14(9-10-17(21)22)19(23)15-7-6-8-16(18(15)20)24-12(3)4/h6-8,11-12H,9-10H2,1-5H3,(H,21,22). The maximum atomic E-state index is 12.9. The third-order valence-electron chi connectivity index (χ3n) is 4.02. The van der Waals surface area contributed by atoms with Crippen LogP contribution in [-0.2, 0) is 11.2 Å². The van der Waals surface area contributed by atoms with Crippen molar-refractivity contribution in [3.63, 3.8) is 0 Å². The highest BCUT2D eigenvalue weighted by Gasteiger charge is 2.19. The molecule has 0 saturated heterocycles. The van der Waals surface area contributed by atoms with Crippen LogP contribution in [0.1, 0.15) is 51.4 Å². The monoisotopic (exact) mass is 331 g/mol. The molecule has 1 heterocycles. The van der Waals surface area contributed by atoms with Crippen molar-refractivity contribution in [3.8, 4) is 5.75 Å². The molecular formula is C19H25NO4. The van der Waals surface area contributed by atoms with Gasteiger partial charge in [-0.15, -0.1) is 0 Å². The smallest absolute Gasteiger partial charge is 0.303 e. The number of para-hydroxylation sites is 1. The molecule has 1 aromatic heterocycles. The first-order chi connectivity index (χ1) is 11.2. The van der Waals surface area contributed by atoms with Crippen LogP contribution >= 0.6 is 0 Å². The van der Waals surface area contributed by atoms with Crippen molar-refractivity contribution in [2.45, 2.75) is 59.6 Å². The highest BCUT2D eigenvalue weighted by molar-refractivity contribution is 5.86. The summed E-state index contributed by atoms with van der Waals surface area (Å²) in [5, 5.41) is 9.54. The molecule has 0 spiro atoms. The number of fused-ring (bicyclic) bond motifs is 1. The summed E-state index contributed by atoms with van der Waals surface area (Å²) in [5.74, 6) is -0.219. The number of hydrogen-bond acceptors (Lipinski definition) is 3. The Morgan fingerprint density at radius 1 is 1.25 bits per heavy atom. The van der Waals surface area contributed by atoms with E-state index in [1.54, 1.807) is 6.07 Å². The minimum atomic E-state index is -0.901. The van der Waals surface area contributed by atoms with Crippen LogP contribution in [0.2, 0.25) is 0 Å². The molecule has 0 radical (unpaired) electrons. The molecule has 0 unspecified atom stereocenters. The van der Waals surface area contributed by atoms with Gasteiger partial charge in [0, 0.05) is 29.1 Å². The number of rotatable bonds is 6. The molecule has 1 aromatic carbocycles. The Balaban J connectivity index is 2.82. The van der Waals surface area contributed by atoms with Gasteiger partial charge in [-0.25, -0.2) is 0 Å². The minimum Gasteiger partial charge on any atom is -0.489 e. The zero-order valence-corrected chi connectivity index (χ0v) is 14.9. The van der Waals surface area contributed by atoms with Gasteiger partial charge in [-0.1, -0.05) is 6.07 Å². The van der Waals surface area contributed by atoms with Crippen molar-refractivity contribution >= 4 is 16.9 Å². The summed E-state index contributed by atoms with van der Waals surface area (Å²) in [7, 11) is 0. The van der Waals surface area contributed by atoms with E-state index in [1.807, 2.05) is 46.8 Å². The van der Waals surface area contributed by atoms with Crippen molar-refractivity contribution in [2.75, 3.05) is 0 Å².